The predicted octanol–water partition coefficient (Wildman–Crippen LogP) is 6.01. The molecule has 0 spiro atoms. The van der Waals surface area contributed by atoms with Crippen LogP contribution in [-0.4, -0.2) is 72.7 Å². The average Bonchev–Trinajstić information content (AvgIpc) is 2.89. The van der Waals surface area contributed by atoms with E-state index in [1.54, 1.807) is 0 Å². The Morgan fingerprint density at radius 2 is 1.58 bits per heavy atom. The lowest BCUT2D eigenvalue weighted by atomic mass is 10.0. The minimum absolute atomic E-state index is 0.121. The van der Waals surface area contributed by atoms with Crippen LogP contribution in [0.3, 0.4) is 0 Å². The third-order valence-corrected chi connectivity index (χ3v) is 6.87. The van der Waals surface area contributed by atoms with Crippen molar-refractivity contribution >= 4 is 62.3 Å². The Morgan fingerprint density at radius 3 is 2.29 bits per heavy atom. The molecule has 3 aromatic carbocycles. The third-order valence-electron chi connectivity index (χ3n) is 6.53. The van der Waals surface area contributed by atoms with E-state index in [1.165, 1.54) is 5.56 Å². The Morgan fingerprint density at radius 1 is 0.895 bits per heavy atom. The molecule has 0 atom stereocenters. The molecule has 0 aliphatic carbocycles. The molecule has 0 bridgehead atoms. The summed E-state index contributed by atoms with van der Waals surface area (Å²) in [6.45, 7) is 5.71. The largest absolute Gasteiger partial charge is 0.354 e. The van der Waals surface area contributed by atoms with E-state index in [2.05, 4.69) is 45.9 Å². The highest BCUT2D eigenvalue weighted by atomic mass is 35.5. The molecule has 0 radical (unpaired) electrons. The fraction of sp³-hybridized carbons (Fsp3) is 0.333. The number of nitrogens with zero attached hydrogens (tertiary/aromatic N) is 3. The van der Waals surface area contributed by atoms with Crippen molar-refractivity contribution in [2.24, 2.45) is 0 Å². The highest BCUT2D eigenvalue weighted by Crippen LogP contribution is 2.35. The Bertz CT molecular complexity index is 1400. The molecule has 0 aliphatic heterocycles. The Hall–Kier alpha value is -2.90. The van der Waals surface area contributed by atoms with Crippen LogP contribution in [0.15, 0.2) is 60.7 Å². The summed E-state index contributed by atoms with van der Waals surface area (Å²) in [6, 6.07) is 20.3. The molecule has 1 amide bonds. The fourth-order valence-corrected chi connectivity index (χ4v) is 5.07. The molecular weight excluding hydrogens is 517 g/mol. The van der Waals surface area contributed by atoms with E-state index >= 15 is 0 Å². The number of nitrogens with one attached hydrogen (secondary N) is 2. The van der Waals surface area contributed by atoms with Crippen molar-refractivity contribution in [2.75, 3.05) is 57.4 Å². The fourth-order valence-electron chi connectivity index (χ4n) is 4.60. The van der Waals surface area contributed by atoms with Crippen LogP contribution in [0.4, 0.5) is 11.4 Å². The number of carbonyl (C=O) groups excluding carboxylic acids is 1. The molecule has 0 fully saturated rings. The number of para-hydroxylation sites is 2. The number of carbonyl (C=O) groups is 1. The van der Waals surface area contributed by atoms with E-state index in [-0.39, 0.29) is 5.91 Å². The van der Waals surface area contributed by atoms with Gasteiger partial charge in [0.05, 0.1) is 22.3 Å². The Kier molecular flexibility index (Phi) is 9.80. The van der Waals surface area contributed by atoms with E-state index < -0.39 is 0 Å². The molecule has 38 heavy (non-hydrogen) atoms. The van der Waals surface area contributed by atoms with E-state index in [0.29, 0.717) is 29.4 Å². The second-order valence-electron chi connectivity index (χ2n) is 9.70. The number of rotatable bonds is 12. The summed E-state index contributed by atoms with van der Waals surface area (Å²) in [5, 5.41) is 8.62. The number of halogens is 2. The van der Waals surface area contributed by atoms with Gasteiger partial charge in [-0.3, -0.25) is 9.69 Å². The van der Waals surface area contributed by atoms with Gasteiger partial charge < -0.3 is 15.5 Å². The van der Waals surface area contributed by atoms with Gasteiger partial charge in [0.2, 0.25) is 0 Å². The van der Waals surface area contributed by atoms with Gasteiger partial charge in [-0.1, -0.05) is 42.5 Å². The number of anilines is 2. The standard InChI is InChI=1S/C30H35Cl2N5O/c1-21-7-4-10-24-27(21)35-29-25(11-6-12-26(29)30(38)33-15-18-36(2)3)28(24)34-23-9-5-8-22(19-23)20-37(16-13-31)17-14-32/h4-12,19H,13-18,20H2,1-3H3,(H,33,38)(H,34,35). The number of pyridine rings is 1. The van der Waals surface area contributed by atoms with Crippen LogP contribution in [0.25, 0.3) is 21.8 Å². The van der Waals surface area contributed by atoms with E-state index in [0.717, 1.165) is 59.4 Å². The highest BCUT2D eigenvalue weighted by Gasteiger charge is 2.17. The van der Waals surface area contributed by atoms with Crippen LogP contribution in [0.2, 0.25) is 0 Å². The van der Waals surface area contributed by atoms with Crippen molar-refractivity contribution < 1.29 is 4.79 Å². The molecule has 6 nitrogen and oxygen atoms in total. The van der Waals surface area contributed by atoms with Gasteiger partial charge in [0.25, 0.3) is 5.91 Å². The van der Waals surface area contributed by atoms with Crippen molar-refractivity contribution in [1.82, 2.24) is 20.1 Å². The van der Waals surface area contributed by atoms with Crippen LogP contribution < -0.4 is 10.6 Å². The predicted molar refractivity (Wildman–Crippen MR) is 161 cm³/mol. The van der Waals surface area contributed by atoms with Gasteiger partial charge in [0.15, 0.2) is 0 Å². The normalized spacial score (nSPS) is 11.6. The number of fused-ring (bicyclic) bond motifs is 2. The van der Waals surface area contributed by atoms with Crippen molar-refractivity contribution in [1.29, 1.82) is 0 Å². The molecule has 1 heterocycles. The smallest absolute Gasteiger partial charge is 0.253 e. The summed E-state index contributed by atoms with van der Waals surface area (Å²) in [5.41, 5.74) is 6.27. The lowest BCUT2D eigenvalue weighted by Gasteiger charge is -2.21. The molecule has 0 unspecified atom stereocenters. The van der Waals surface area contributed by atoms with Gasteiger partial charge in [0.1, 0.15) is 0 Å². The first-order chi connectivity index (χ1) is 18.4. The van der Waals surface area contributed by atoms with Crippen LogP contribution >= 0.6 is 23.2 Å². The number of hydrogen-bond donors (Lipinski definition) is 2. The summed E-state index contributed by atoms with van der Waals surface area (Å²) in [7, 11) is 3.97. The maximum Gasteiger partial charge on any atom is 0.253 e. The maximum atomic E-state index is 13.2. The molecule has 4 rings (SSSR count). The monoisotopic (exact) mass is 551 g/mol. The van der Waals surface area contributed by atoms with Crippen LogP contribution in [0.1, 0.15) is 21.5 Å². The molecule has 0 saturated heterocycles. The Labute approximate surface area is 234 Å². The number of aromatic nitrogens is 1. The molecule has 200 valence electrons. The van der Waals surface area contributed by atoms with Gasteiger partial charge in [-0.2, -0.15) is 0 Å². The highest BCUT2D eigenvalue weighted by molar-refractivity contribution is 6.18. The van der Waals surface area contributed by atoms with Crippen LogP contribution in [0.5, 0.6) is 0 Å². The van der Waals surface area contributed by atoms with Crippen LogP contribution in [-0.2, 0) is 6.54 Å². The molecule has 2 N–H and O–H groups in total. The number of hydrogen-bond acceptors (Lipinski definition) is 5. The molecule has 8 heteroatoms. The topological polar surface area (TPSA) is 60.5 Å². The number of alkyl halides is 2. The van der Waals surface area contributed by atoms with Crippen LogP contribution in [0, 0.1) is 6.92 Å². The van der Waals surface area contributed by atoms with Crippen molar-refractivity contribution in [3.63, 3.8) is 0 Å². The number of amides is 1. The van der Waals surface area contributed by atoms with E-state index in [1.807, 2.05) is 56.3 Å². The summed E-state index contributed by atoms with van der Waals surface area (Å²) >= 11 is 12.0. The summed E-state index contributed by atoms with van der Waals surface area (Å²) in [4.78, 5) is 22.5. The Balaban J connectivity index is 1.75. The average molecular weight is 553 g/mol. The maximum absolute atomic E-state index is 13.2. The minimum atomic E-state index is -0.121. The zero-order valence-corrected chi connectivity index (χ0v) is 23.7. The number of likely N-dealkylation sites (N-methyl/N-ethyl adjacent to an activating group) is 1. The summed E-state index contributed by atoms with van der Waals surface area (Å²) in [6.07, 6.45) is 0. The number of benzene rings is 3. The van der Waals surface area contributed by atoms with Gasteiger partial charge in [0, 0.05) is 60.9 Å². The van der Waals surface area contributed by atoms with Gasteiger partial charge in [-0.25, -0.2) is 4.98 Å². The summed E-state index contributed by atoms with van der Waals surface area (Å²) in [5.74, 6) is 1.01. The first-order valence-electron chi connectivity index (χ1n) is 12.9. The van der Waals surface area contributed by atoms with E-state index in [9.17, 15) is 4.79 Å². The van der Waals surface area contributed by atoms with Crippen molar-refractivity contribution in [3.8, 4) is 0 Å². The molecule has 1 aromatic heterocycles. The molecule has 4 aromatic rings. The first kappa shape index (κ1) is 28.1. The van der Waals surface area contributed by atoms with Crippen molar-refractivity contribution in [2.45, 2.75) is 13.5 Å². The second kappa shape index (κ2) is 13.3. The SMILES string of the molecule is Cc1cccc2c(Nc3cccc(CN(CCCl)CCCl)c3)c3cccc(C(=O)NCCN(C)C)c3nc12. The minimum Gasteiger partial charge on any atom is -0.354 e. The quantitative estimate of drug-likeness (QED) is 0.167. The van der Waals surface area contributed by atoms with Gasteiger partial charge >= 0.3 is 0 Å². The van der Waals surface area contributed by atoms with Gasteiger partial charge in [-0.15, -0.1) is 23.2 Å². The first-order valence-corrected chi connectivity index (χ1v) is 13.9. The number of aryl methyl sites for hydroxylation is 1. The molecule has 0 saturated carbocycles. The molecule has 0 aliphatic rings. The second-order valence-corrected chi connectivity index (χ2v) is 10.5. The lowest BCUT2D eigenvalue weighted by Crippen LogP contribution is -2.31. The zero-order valence-electron chi connectivity index (χ0n) is 22.2. The van der Waals surface area contributed by atoms with Crippen molar-refractivity contribution in [3.05, 3.63) is 77.4 Å². The zero-order chi connectivity index (χ0) is 27.1. The summed E-state index contributed by atoms with van der Waals surface area (Å²) < 4.78 is 0. The van der Waals surface area contributed by atoms with E-state index in [4.69, 9.17) is 28.2 Å². The third kappa shape index (κ3) is 6.75. The lowest BCUT2D eigenvalue weighted by molar-refractivity contribution is 0.0952. The molecular formula is C30H35Cl2N5O. The van der Waals surface area contributed by atoms with Gasteiger partial charge in [-0.05, 0) is 50.3 Å².